The van der Waals surface area contributed by atoms with E-state index in [1.54, 1.807) is 0 Å². The van der Waals surface area contributed by atoms with Crippen LogP contribution in [0.5, 0.6) is 0 Å². The molecular weight excluding hydrogens is 356 g/mol. The number of rotatable bonds is 0. The maximum atomic E-state index is 12.2. The van der Waals surface area contributed by atoms with Crippen molar-refractivity contribution in [2.75, 3.05) is 13.1 Å². The average molecular weight is 381 g/mol. The molecule has 1 aliphatic carbocycles. The number of halogens is 1. The third kappa shape index (κ3) is 3.26. The number of hydrogen-bond acceptors (Lipinski definition) is 3. The molecule has 1 aromatic carbocycles. The Balaban J connectivity index is 1.69. The predicted octanol–water partition coefficient (Wildman–Crippen LogP) is 4.02. The highest BCUT2D eigenvalue weighted by atomic mass is 79.9. The summed E-state index contributed by atoms with van der Waals surface area (Å²) in [6.07, 6.45) is 2.66. The summed E-state index contributed by atoms with van der Waals surface area (Å²) in [7, 11) is 0. The molecule has 3 rings (SSSR count). The van der Waals surface area contributed by atoms with Crippen molar-refractivity contribution in [2.45, 2.75) is 51.7 Å². The summed E-state index contributed by atoms with van der Waals surface area (Å²) < 4.78 is 6.56. The first kappa shape index (κ1) is 16.8. The highest BCUT2D eigenvalue weighted by molar-refractivity contribution is 9.10. The smallest absolute Gasteiger partial charge is 0.410 e. The second-order valence-electron chi connectivity index (χ2n) is 7.83. The van der Waals surface area contributed by atoms with Crippen molar-refractivity contribution in [1.82, 2.24) is 4.90 Å². The fourth-order valence-corrected chi connectivity index (χ4v) is 4.16. The predicted molar refractivity (Wildman–Crippen MR) is 94.2 cm³/mol. The molecule has 1 unspecified atom stereocenters. The van der Waals surface area contributed by atoms with Crippen molar-refractivity contribution < 1.29 is 9.53 Å². The maximum absolute atomic E-state index is 12.2. The number of hydrogen-bond donors (Lipinski definition) is 1. The molecule has 1 spiro atoms. The molecule has 2 aliphatic rings. The number of piperidine rings is 1. The van der Waals surface area contributed by atoms with Crippen LogP contribution in [-0.2, 0) is 11.2 Å². The minimum Gasteiger partial charge on any atom is -0.444 e. The number of carbonyl (C=O) groups is 1. The molecule has 4 nitrogen and oxygen atoms in total. The number of carbonyl (C=O) groups excluding carboxylic acids is 1. The van der Waals surface area contributed by atoms with Gasteiger partial charge in [0.25, 0.3) is 0 Å². The molecule has 0 saturated carbocycles. The lowest BCUT2D eigenvalue weighted by Gasteiger charge is -2.42. The van der Waals surface area contributed by atoms with Gasteiger partial charge in [-0.3, -0.25) is 0 Å². The van der Waals surface area contributed by atoms with Crippen LogP contribution in [0.15, 0.2) is 22.7 Å². The number of benzene rings is 1. The molecule has 1 heterocycles. The lowest BCUT2D eigenvalue weighted by atomic mass is 9.73. The van der Waals surface area contributed by atoms with E-state index in [-0.39, 0.29) is 17.6 Å². The van der Waals surface area contributed by atoms with Gasteiger partial charge in [-0.25, -0.2) is 4.79 Å². The van der Waals surface area contributed by atoms with Crippen molar-refractivity contribution in [3.63, 3.8) is 0 Å². The first-order chi connectivity index (χ1) is 10.7. The Bertz CT molecular complexity index is 616. The lowest BCUT2D eigenvalue weighted by molar-refractivity contribution is 0.00797. The van der Waals surface area contributed by atoms with E-state index in [0.717, 1.165) is 36.8 Å². The standard InChI is InChI=1S/C18H25BrN2O2/c1-17(2,3)23-16(22)21-8-6-18(7-9-21)11-12-4-5-13(19)10-14(12)15(18)20/h4-5,10,15H,6-9,11,20H2,1-3H3. The third-order valence-electron chi connectivity index (χ3n) is 5.06. The molecule has 1 atom stereocenters. The van der Waals surface area contributed by atoms with Crippen LogP contribution in [0.25, 0.3) is 0 Å². The van der Waals surface area contributed by atoms with E-state index in [1.165, 1.54) is 11.1 Å². The molecule has 2 N–H and O–H groups in total. The quantitative estimate of drug-likeness (QED) is 0.739. The Hall–Kier alpha value is -1.07. The zero-order chi connectivity index (χ0) is 16.8. The maximum Gasteiger partial charge on any atom is 0.410 e. The van der Waals surface area contributed by atoms with Gasteiger partial charge in [-0.15, -0.1) is 0 Å². The lowest BCUT2D eigenvalue weighted by Crippen LogP contribution is -2.47. The second-order valence-corrected chi connectivity index (χ2v) is 8.74. The molecule has 1 fully saturated rings. The fraction of sp³-hybridized carbons (Fsp3) is 0.611. The minimum atomic E-state index is -0.446. The summed E-state index contributed by atoms with van der Waals surface area (Å²) in [5.74, 6) is 0. The molecular formula is C18H25BrN2O2. The highest BCUT2D eigenvalue weighted by Gasteiger charge is 2.46. The van der Waals surface area contributed by atoms with Gasteiger partial charge in [-0.1, -0.05) is 22.0 Å². The van der Waals surface area contributed by atoms with E-state index in [4.69, 9.17) is 10.5 Å². The normalized spacial score (nSPS) is 23.0. The second kappa shape index (κ2) is 5.78. The van der Waals surface area contributed by atoms with Crippen molar-refractivity contribution in [3.8, 4) is 0 Å². The minimum absolute atomic E-state index is 0.0517. The van der Waals surface area contributed by atoms with Gasteiger partial charge in [0.2, 0.25) is 0 Å². The van der Waals surface area contributed by atoms with E-state index in [2.05, 4.69) is 34.1 Å². The van der Waals surface area contributed by atoms with E-state index in [9.17, 15) is 4.79 Å². The topological polar surface area (TPSA) is 55.6 Å². The Kier molecular flexibility index (Phi) is 4.21. The summed E-state index contributed by atoms with van der Waals surface area (Å²) in [6.45, 7) is 7.14. The molecule has 23 heavy (non-hydrogen) atoms. The Morgan fingerprint density at radius 2 is 2.00 bits per heavy atom. The van der Waals surface area contributed by atoms with E-state index in [0.29, 0.717) is 0 Å². The fourth-order valence-electron chi connectivity index (χ4n) is 3.78. The number of amides is 1. The number of likely N-dealkylation sites (tertiary alicyclic amines) is 1. The largest absolute Gasteiger partial charge is 0.444 e. The van der Waals surface area contributed by atoms with Crippen LogP contribution in [-0.4, -0.2) is 29.7 Å². The van der Waals surface area contributed by atoms with Gasteiger partial charge >= 0.3 is 6.09 Å². The summed E-state index contributed by atoms with van der Waals surface area (Å²) in [5.41, 5.74) is 8.84. The van der Waals surface area contributed by atoms with Crippen LogP contribution in [0.2, 0.25) is 0 Å². The summed E-state index contributed by atoms with van der Waals surface area (Å²) in [6, 6.07) is 6.46. The third-order valence-corrected chi connectivity index (χ3v) is 5.55. The number of nitrogens with two attached hydrogens (primary N) is 1. The first-order valence-corrected chi connectivity index (χ1v) is 9.01. The molecule has 5 heteroatoms. The van der Waals surface area contributed by atoms with Gasteiger partial charge in [0.1, 0.15) is 5.60 Å². The Morgan fingerprint density at radius 1 is 1.35 bits per heavy atom. The zero-order valence-corrected chi connectivity index (χ0v) is 15.6. The summed E-state index contributed by atoms with van der Waals surface area (Å²) >= 11 is 3.54. The Morgan fingerprint density at radius 3 is 2.61 bits per heavy atom. The van der Waals surface area contributed by atoms with Crippen molar-refractivity contribution >= 4 is 22.0 Å². The highest BCUT2D eigenvalue weighted by Crippen LogP contribution is 2.51. The molecule has 126 valence electrons. The van der Waals surface area contributed by atoms with Gasteiger partial charge in [-0.05, 0) is 68.7 Å². The van der Waals surface area contributed by atoms with Crippen molar-refractivity contribution in [1.29, 1.82) is 0 Å². The van der Waals surface area contributed by atoms with Crippen molar-refractivity contribution in [2.24, 2.45) is 11.1 Å². The van der Waals surface area contributed by atoms with Crippen molar-refractivity contribution in [3.05, 3.63) is 33.8 Å². The zero-order valence-electron chi connectivity index (χ0n) is 14.1. The first-order valence-electron chi connectivity index (χ1n) is 8.22. The molecule has 0 aromatic heterocycles. The van der Waals surface area contributed by atoms with E-state index in [1.807, 2.05) is 25.7 Å². The number of fused-ring (bicyclic) bond motifs is 1. The van der Waals surface area contributed by atoms with Crippen LogP contribution in [0.4, 0.5) is 4.79 Å². The molecule has 1 saturated heterocycles. The van der Waals surface area contributed by atoms with Gasteiger partial charge in [0.05, 0.1) is 0 Å². The average Bonchev–Trinajstić information content (AvgIpc) is 2.71. The van der Waals surface area contributed by atoms with Gasteiger partial charge in [0.15, 0.2) is 0 Å². The van der Waals surface area contributed by atoms with E-state index < -0.39 is 5.60 Å². The molecule has 1 aliphatic heterocycles. The molecule has 1 amide bonds. The van der Waals surface area contributed by atoms with Crippen LogP contribution in [0, 0.1) is 5.41 Å². The van der Waals surface area contributed by atoms with Gasteiger partial charge < -0.3 is 15.4 Å². The van der Waals surface area contributed by atoms with Crippen LogP contribution < -0.4 is 5.73 Å². The van der Waals surface area contributed by atoms with E-state index >= 15 is 0 Å². The van der Waals surface area contributed by atoms with Crippen LogP contribution in [0.3, 0.4) is 0 Å². The molecule has 0 radical (unpaired) electrons. The van der Waals surface area contributed by atoms with Crippen LogP contribution >= 0.6 is 15.9 Å². The Labute approximate surface area is 146 Å². The molecule has 1 aromatic rings. The summed E-state index contributed by atoms with van der Waals surface area (Å²) in [5, 5.41) is 0. The number of nitrogens with zero attached hydrogens (tertiary/aromatic N) is 1. The molecule has 0 bridgehead atoms. The van der Waals surface area contributed by atoms with Gasteiger partial charge in [-0.2, -0.15) is 0 Å². The monoisotopic (exact) mass is 380 g/mol. The SMILES string of the molecule is CC(C)(C)OC(=O)N1CCC2(CC1)Cc1ccc(Br)cc1C2N. The number of ether oxygens (including phenoxy) is 1. The summed E-state index contributed by atoms with van der Waals surface area (Å²) in [4.78, 5) is 14.0. The van der Waals surface area contributed by atoms with Crippen LogP contribution in [0.1, 0.15) is 50.8 Å². The van der Waals surface area contributed by atoms with Gasteiger partial charge in [0, 0.05) is 23.6 Å².